The smallest absolute Gasteiger partial charge is 0.191 e. The van der Waals surface area contributed by atoms with Crippen molar-refractivity contribution in [1.29, 1.82) is 0 Å². The van der Waals surface area contributed by atoms with Crippen molar-refractivity contribution in [2.45, 2.75) is 12.1 Å². The standard InChI is InChI=1S/C18H15Cl2N3OS/c1-11-4-3-5-12(8-11)17-21-22-18(23(17)2)25-10-16(24)14-7-6-13(19)9-15(14)20/h3-9H,10H2,1-2H3. The van der Waals surface area contributed by atoms with Gasteiger partial charge in [-0.05, 0) is 31.2 Å². The van der Waals surface area contributed by atoms with Crippen LogP contribution in [0, 0.1) is 6.92 Å². The lowest BCUT2D eigenvalue weighted by Gasteiger charge is -2.05. The molecule has 25 heavy (non-hydrogen) atoms. The van der Waals surface area contributed by atoms with Gasteiger partial charge in [0.1, 0.15) is 0 Å². The minimum absolute atomic E-state index is 0.0771. The minimum atomic E-state index is -0.0771. The molecule has 0 bridgehead atoms. The predicted molar refractivity (Wildman–Crippen MR) is 103 cm³/mol. The Morgan fingerprint density at radius 1 is 1.16 bits per heavy atom. The Kier molecular flexibility index (Phi) is 5.47. The van der Waals surface area contributed by atoms with Gasteiger partial charge in [0.25, 0.3) is 0 Å². The Bertz CT molecular complexity index is 940. The second kappa shape index (κ2) is 7.60. The van der Waals surface area contributed by atoms with Crippen LogP contribution < -0.4 is 0 Å². The number of rotatable bonds is 5. The molecule has 0 amide bonds. The molecule has 2 aromatic carbocycles. The van der Waals surface area contributed by atoms with Gasteiger partial charge in [0.2, 0.25) is 0 Å². The van der Waals surface area contributed by atoms with E-state index in [1.54, 1.807) is 18.2 Å². The molecule has 3 aromatic rings. The van der Waals surface area contributed by atoms with Crippen LogP contribution in [0.5, 0.6) is 0 Å². The summed E-state index contributed by atoms with van der Waals surface area (Å²) in [5.74, 6) is 0.913. The molecule has 0 aliphatic heterocycles. The average molecular weight is 392 g/mol. The first-order chi connectivity index (χ1) is 12.0. The highest BCUT2D eigenvalue weighted by atomic mass is 35.5. The summed E-state index contributed by atoms with van der Waals surface area (Å²) < 4.78 is 1.89. The third-order valence-corrected chi connectivity index (χ3v) is 5.24. The van der Waals surface area contributed by atoms with Crippen molar-refractivity contribution in [1.82, 2.24) is 14.8 Å². The molecular weight excluding hydrogens is 377 g/mol. The summed E-state index contributed by atoms with van der Waals surface area (Å²) in [4.78, 5) is 12.4. The van der Waals surface area contributed by atoms with Crippen LogP contribution >= 0.6 is 35.0 Å². The number of carbonyl (C=O) groups is 1. The highest BCUT2D eigenvalue weighted by molar-refractivity contribution is 7.99. The van der Waals surface area contributed by atoms with Crippen LogP contribution in [0.1, 0.15) is 15.9 Å². The van der Waals surface area contributed by atoms with E-state index in [0.717, 1.165) is 17.0 Å². The number of aryl methyl sites for hydroxylation is 1. The van der Waals surface area contributed by atoms with Crippen molar-refractivity contribution in [3.63, 3.8) is 0 Å². The zero-order valence-corrected chi connectivity index (χ0v) is 16.0. The lowest BCUT2D eigenvalue weighted by Crippen LogP contribution is -2.04. The van der Waals surface area contributed by atoms with E-state index in [0.29, 0.717) is 20.8 Å². The van der Waals surface area contributed by atoms with Crippen LogP contribution in [0.3, 0.4) is 0 Å². The highest BCUT2D eigenvalue weighted by Crippen LogP contribution is 2.26. The second-order valence-corrected chi connectivity index (χ2v) is 7.36. The molecule has 1 aromatic heterocycles. The van der Waals surface area contributed by atoms with E-state index in [1.165, 1.54) is 11.8 Å². The van der Waals surface area contributed by atoms with E-state index in [-0.39, 0.29) is 11.5 Å². The van der Waals surface area contributed by atoms with Crippen molar-refractivity contribution in [3.05, 3.63) is 63.6 Å². The maximum Gasteiger partial charge on any atom is 0.191 e. The molecule has 0 saturated heterocycles. The monoisotopic (exact) mass is 391 g/mol. The van der Waals surface area contributed by atoms with Gasteiger partial charge in [-0.3, -0.25) is 4.79 Å². The number of hydrogen-bond acceptors (Lipinski definition) is 4. The molecule has 0 aliphatic carbocycles. The lowest BCUT2D eigenvalue weighted by atomic mass is 10.1. The fourth-order valence-electron chi connectivity index (χ4n) is 2.40. The van der Waals surface area contributed by atoms with Crippen LogP contribution in [-0.2, 0) is 7.05 Å². The number of nitrogens with zero attached hydrogens (tertiary/aromatic N) is 3. The number of Topliss-reactive ketones (excluding diaryl/α,β-unsaturated/α-hetero) is 1. The van der Waals surface area contributed by atoms with E-state index >= 15 is 0 Å². The number of aromatic nitrogens is 3. The molecule has 128 valence electrons. The van der Waals surface area contributed by atoms with Gasteiger partial charge in [-0.1, -0.05) is 58.7 Å². The fourth-order valence-corrected chi connectivity index (χ4v) is 3.71. The number of benzene rings is 2. The van der Waals surface area contributed by atoms with Crippen molar-refractivity contribution in [2.75, 3.05) is 5.75 Å². The van der Waals surface area contributed by atoms with Gasteiger partial charge in [0.15, 0.2) is 16.8 Å². The lowest BCUT2D eigenvalue weighted by molar-refractivity contribution is 0.102. The van der Waals surface area contributed by atoms with E-state index in [1.807, 2.05) is 36.7 Å². The zero-order chi connectivity index (χ0) is 18.0. The SMILES string of the molecule is Cc1cccc(-c2nnc(SCC(=O)c3ccc(Cl)cc3Cl)n2C)c1. The van der Waals surface area contributed by atoms with Gasteiger partial charge in [-0.15, -0.1) is 10.2 Å². The predicted octanol–water partition coefficient (Wildman–Crippen LogP) is 5.07. The topological polar surface area (TPSA) is 47.8 Å². The fraction of sp³-hybridized carbons (Fsp3) is 0.167. The quantitative estimate of drug-likeness (QED) is 0.449. The molecule has 0 saturated carbocycles. The maximum atomic E-state index is 12.4. The van der Waals surface area contributed by atoms with Crippen molar-refractivity contribution in [2.24, 2.45) is 7.05 Å². The molecule has 0 unspecified atom stereocenters. The summed E-state index contributed by atoms with van der Waals surface area (Å²) in [7, 11) is 1.89. The van der Waals surface area contributed by atoms with E-state index in [2.05, 4.69) is 16.3 Å². The zero-order valence-electron chi connectivity index (χ0n) is 13.7. The average Bonchev–Trinajstić information content (AvgIpc) is 2.93. The first-order valence-electron chi connectivity index (χ1n) is 7.53. The van der Waals surface area contributed by atoms with Gasteiger partial charge in [-0.25, -0.2) is 0 Å². The summed E-state index contributed by atoms with van der Waals surface area (Å²) in [6.07, 6.45) is 0. The summed E-state index contributed by atoms with van der Waals surface area (Å²) in [5, 5.41) is 9.98. The van der Waals surface area contributed by atoms with E-state index in [9.17, 15) is 4.79 Å². The highest BCUT2D eigenvalue weighted by Gasteiger charge is 2.15. The molecule has 0 N–H and O–H groups in total. The van der Waals surface area contributed by atoms with Crippen LogP contribution in [0.4, 0.5) is 0 Å². The van der Waals surface area contributed by atoms with Crippen LogP contribution in [0.2, 0.25) is 10.0 Å². The van der Waals surface area contributed by atoms with Gasteiger partial charge in [0, 0.05) is 23.2 Å². The molecule has 0 aliphatic rings. The maximum absolute atomic E-state index is 12.4. The molecule has 3 rings (SSSR count). The summed E-state index contributed by atoms with van der Waals surface area (Å²) >= 11 is 13.3. The van der Waals surface area contributed by atoms with Crippen molar-refractivity contribution < 1.29 is 4.79 Å². The number of hydrogen-bond donors (Lipinski definition) is 0. The number of carbonyl (C=O) groups excluding carboxylic acids is 1. The summed E-state index contributed by atoms with van der Waals surface area (Å²) in [6.45, 7) is 2.03. The Morgan fingerprint density at radius 3 is 2.68 bits per heavy atom. The normalized spacial score (nSPS) is 10.9. The summed E-state index contributed by atoms with van der Waals surface area (Å²) in [5.41, 5.74) is 2.61. The largest absolute Gasteiger partial charge is 0.305 e. The van der Waals surface area contributed by atoms with Gasteiger partial charge in [-0.2, -0.15) is 0 Å². The number of ketones is 1. The van der Waals surface area contributed by atoms with Crippen LogP contribution in [0.15, 0.2) is 47.6 Å². The van der Waals surface area contributed by atoms with Crippen LogP contribution in [0.25, 0.3) is 11.4 Å². The second-order valence-electron chi connectivity index (χ2n) is 5.57. The minimum Gasteiger partial charge on any atom is -0.305 e. The van der Waals surface area contributed by atoms with Gasteiger partial charge >= 0.3 is 0 Å². The Morgan fingerprint density at radius 2 is 1.96 bits per heavy atom. The van der Waals surface area contributed by atoms with Gasteiger partial charge < -0.3 is 4.57 Å². The molecule has 4 nitrogen and oxygen atoms in total. The Hall–Kier alpha value is -1.82. The first-order valence-corrected chi connectivity index (χ1v) is 9.27. The van der Waals surface area contributed by atoms with Crippen molar-refractivity contribution in [3.8, 4) is 11.4 Å². The first kappa shape index (κ1) is 18.0. The molecule has 0 spiro atoms. The van der Waals surface area contributed by atoms with Crippen molar-refractivity contribution >= 4 is 40.7 Å². The molecular formula is C18H15Cl2N3OS. The molecule has 1 heterocycles. The van der Waals surface area contributed by atoms with Gasteiger partial charge in [0.05, 0.1) is 10.8 Å². The molecule has 0 atom stereocenters. The summed E-state index contributed by atoms with van der Waals surface area (Å²) in [6, 6.07) is 12.9. The molecule has 0 radical (unpaired) electrons. The third-order valence-electron chi connectivity index (χ3n) is 3.68. The van der Waals surface area contributed by atoms with Crippen LogP contribution in [-0.4, -0.2) is 26.3 Å². The van der Waals surface area contributed by atoms with E-state index < -0.39 is 0 Å². The Labute approximate surface area is 160 Å². The molecule has 0 fully saturated rings. The van der Waals surface area contributed by atoms with E-state index in [4.69, 9.17) is 23.2 Å². The third kappa shape index (κ3) is 4.06. The number of halogens is 2. The molecule has 7 heteroatoms. The Balaban J connectivity index is 1.75. The number of thioether (sulfide) groups is 1.